The lowest BCUT2D eigenvalue weighted by Gasteiger charge is -2.10. The molecule has 0 atom stereocenters. The first kappa shape index (κ1) is 20.8. The molecule has 0 spiro atoms. The van der Waals surface area contributed by atoms with Crippen LogP contribution < -0.4 is 24.8 Å². The Bertz CT molecular complexity index is 1070. The average Bonchev–Trinajstić information content (AvgIpc) is 2.79. The molecule has 7 heteroatoms. The Balaban J connectivity index is 1.38. The van der Waals surface area contributed by atoms with Crippen LogP contribution in [0.15, 0.2) is 54.7 Å². The van der Waals surface area contributed by atoms with Gasteiger partial charge in [-0.3, -0.25) is 4.98 Å². The van der Waals surface area contributed by atoms with Crippen molar-refractivity contribution in [1.29, 1.82) is 0 Å². The molecular formula is C23H23N3O4. The predicted molar refractivity (Wildman–Crippen MR) is 115 cm³/mol. The van der Waals surface area contributed by atoms with Crippen molar-refractivity contribution in [2.24, 2.45) is 0 Å². The van der Waals surface area contributed by atoms with Crippen molar-refractivity contribution in [3.8, 4) is 29.1 Å². The molecule has 0 aliphatic heterocycles. The number of aromatic nitrogens is 1. The number of fused-ring (bicyclic) bond motifs is 1. The van der Waals surface area contributed by atoms with Gasteiger partial charge in [0, 0.05) is 24.2 Å². The normalized spacial score (nSPS) is 9.93. The van der Waals surface area contributed by atoms with E-state index in [0.717, 1.165) is 16.5 Å². The molecule has 2 N–H and O–H groups in total. The van der Waals surface area contributed by atoms with E-state index in [9.17, 15) is 4.79 Å². The number of hydrogen-bond acceptors (Lipinski definition) is 5. The number of hydrogen-bond donors (Lipinski definition) is 2. The summed E-state index contributed by atoms with van der Waals surface area (Å²) in [6.45, 7) is 0.812. The van der Waals surface area contributed by atoms with Gasteiger partial charge in [0.25, 0.3) is 0 Å². The van der Waals surface area contributed by atoms with Crippen LogP contribution in [0.2, 0.25) is 0 Å². The molecule has 2 aromatic carbocycles. The van der Waals surface area contributed by atoms with Gasteiger partial charge in [-0.25, -0.2) is 4.79 Å². The second-order valence-corrected chi connectivity index (χ2v) is 6.23. The highest BCUT2D eigenvalue weighted by Gasteiger charge is 2.05. The van der Waals surface area contributed by atoms with Crippen molar-refractivity contribution in [3.05, 3.63) is 60.3 Å². The summed E-state index contributed by atoms with van der Waals surface area (Å²) in [5.74, 6) is 7.69. The summed E-state index contributed by atoms with van der Waals surface area (Å²) in [6.07, 6.45) is 1.74. The van der Waals surface area contributed by atoms with E-state index in [2.05, 4.69) is 27.5 Å². The Hall–Kier alpha value is -3.92. The molecule has 7 nitrogen and oxygen atoms in total. The summed E-state index contributed by atoms with van der Waals surface area (Å²) in [7, 11) is 3.15. The average molecular weight is 405 g/mol. The zero-order chi connectivity index (χ0) is 21.2. The number of benzene rings is 2. The summed E-state index contributed by atoms with van der Waals surface area (Å²) in [4.78, 5) is 16.2. The molecule has 1 heterocycles. The van der Waals surface area contributed by atoms with Crippen LogP contribution in [0, 0.1) is 11.8 Å². The molecule has 30 heavy (non-hydrogen) atoms. The molecule has 1 aromatic heterocycles. The fourth-order valence-corrected chi connectivity index (χ4v) is 2.73. The van der Waals surface area contributed by atoms with Gasteiger partial charge in [-0.2, -0.15) is 0 Å². The Morgan fingerprint density at radius 3 is 2.70 bits per heavy atom. The number of amides is 2. The molecular weight excluding hydrogens is 382 g/mol. The zero-order valence-electron chi connectivity index (χ0n) is 16.9. The maximum Gasteiger partial charge on any atom is 0.315 e. The van der Waals surface area contributed by atoms with Crippen LogP contribution in [0.5, 0.6) is 17.2 Å². The number of methoxy groups -OCH3 is 2. The number of carbonyl (C=O) groups is 1. The van der Waals surface area contributed by atoms with Gasteiger partial charge in [0.2, 0.25) is 0 Å². The number of urea groups is 1. The van der Waals surface area contributed by atoms with Gasteiger partial charge in [0.15, 0.2) is 11.5 Å². The van der Waals surface area contributed by atoms with Crippen LogP contribution in [-0.4, -0.2) is 38.4 Å². The maximum atomic E-state index is 11.9. The lowest BCUT2D eigenvalue weighted by Crippen LogP contribution is -2.35. The molecule has 0 unspecified atom stereocenters. The topological polar surface area (TPSA) is 81.7 Å². The van der Waals surface area contributed by atoms with E-state index in [0.29, 0.717) is 23.8 Å². The molecule has 0 aliphatic carbocycles. The number of pyridine rings is 1. The first-order chi connectivity index (χ1) is 14.7. The minimum Gasteiger partial charge on any atom is -0.493 e. The molecule has 0 aliphatic rings. The third kappa shape index (κ3) is 5.79. The molecule has 154 valence electrons. The minimum absolute atomic E-state index is 0.223. The molecule has 0 fully saturated rings. The molecule has 0 saturated carbocycles. The van der Waals surface area contributed by atoms with Crippen molar-refractivity contribution < 1.29 is 19.0 Å². The first-order valence-electron chi connectivity index (χ1n) is 9.35. The lowest BCUT2D eigenvalue weighted by atomic mass is 10.2. The van der Waals surface area contributed by atoms with Crippen molar-refractivity contribution >= 4 is 16.9 Å². The van der Waals surface area contributed by atoms with E-state index in [4.69, 9.17) is 14.2 Å². The van der Waals surface area contributed by atoms with Gasteiger partial charge in [0.1, 0.15) is 12.4 Å². The van der Waals surface area contributed by atoms with E-state index in [1.54, 1.807) is 26.5 Å². The predicted octanol–water partition coefficient (Wildman–Crippen LogP) is 3.13. The van der Waals surface area contributed by atoms with Crippen molar-refractivity contribution in [2.75, 3.05) is 27.4 Å². The summed E-state index contributed by atoms with van der Waals surface area (Å²) < 4.78 is 16.1. The standard InChI is InChI=1S/C23H23N3O4/c1-28-21-10-7-17(14-22(21)29-2)16-26-23(27)25-11-3-4-13-30-19-9-8-18-6-5-12-24-20(18)15-19/h5-10,12,14-15H,11,13,16H2,1-2H3,(H2,25,26,27). The van der Waals surface area contributed by atoms with Crippen LogP contribution in [0.3, 0.4) is 0 Å². The zero-order valence-corrected chi connectivity index (χ0v) is 16.9. The van der Waals surface area contributed by atoms with E-state index < -0.39 is 0 Å². The summed E-state index contributed by atoms with van der Waals surface area (Å²) in [6, 6.07) is 14.8. The molecule has 0 bridgehead atoms. The van der Waals surface area contributed by atoms with Crippen molar-refractivity contribution in [1.82, 2.24) is 15.6 Å². The van der Waals surface area contributed by atoms with Crippen LogP contribution in [0.25, 0.3) is 10.9 Å². The Morgan fingerprint density at radius 1 is 1.00 bits per heavy atom. The highest BCUT2D eigenvalue weighted by atomic mass is 16.5. The van der Waals surface area contributed by atoms with E-state index >= 15 is 0 Å². The van der Waals surface area contributed by atoms with Gasteiger partial charge >= 0.3 is 6.03 Å². The van der Waals surface area contributed by atoms with Gasteiger partial charge in [-0.05, 0) is 35.9 Å². The van der Waals surface area contributed by atoms with E-state index in [1.807, 2.05) is 42.5 Å². The molecule has 0 saturated heterocycles. The third-order valence-electron chi connectivity index (χ3n) is 4.25. The minimum atomic E-state index is -0.305. The fourth-order valence-electron chi connectivity index (χ4n) is 2.73. The Labute approximate surface area is 175 Å². The van der Waals surface area contributed by atoms with Crippen LogP contribution in [-0.2, 0) is 6.54 Å². The van der Waals surface area contributed by atoms with Gasteiger partial charge < -0.3 is 24.8 Å². The third-order valence-corrected chi connectivity index (χ3v) is 4.25. The number of rotatable bonds is 7. The van der Waals surface area contributed by atoms with Crippen LogP contribution in [0.1, 0.15) is 5.56 Å². The largest absolute Gasteiger partial charge is 0.493 e. The summed E-state index contributed by atoms with van der Waals surface area (Å²) in [5, 5.41) is 6.51. The fraction of sp³-hybridized carbons (Fsp3) is 0.217. The second-order valence-electron chi connectivity index (χ2n) is 6.23. The number of carbonyl (C=O) groups excluding carboxylic acids is 1. The molecule has 0 radical (unpaired) electrons. The lowest BCUT2D eigenvalue weighted by molar-refractivity contribution is 0.241. The van der Waals surface area contributed by atoms with Gasteiger partial charge in [-0.1, -0.05) is 24.0 Å². The highest BCUT2D eigenvalue weighted by molar-refractivity contribution is 5.79. The summed E-state index contributed by atoms with van der Waals surface area (Å²) in [5.41, 5.74) is 1.77. The Morgan fingerprint density at radius 2 is 1.87 bits per heavy atom. The monoisotopic (exact) mass is 405 g/mol. The van der Waals surface area contributed by atoms with Crippen LogP contribution in [0.4, 0.5) is 4.79 Å². The van der Waals surface area contributed by atoms with E-state index in [-0.39, 0.29) is 19.2 Å². The smallest absolute Gasteiger partial charge is 0.315 e. The molecule has 3 aromatic rings. The van der Waals surface area contributed by atoms with E-state index in [1.165, 1.54) is 0 Å². The summed E-state index contributed by atoms with van der Waals surface area (Å²) >= 11 is 0. The highest BCUT2D eigenvalue weighted by Crippen LogP contribution is 2.27. The Kier molecular flexibility index (Phi) is 7.34. The second kappa shape index (κ2) is 10.6. The molecule has 3 rings (SSSR count). The van der Waals surface area contributed by atoms with Gasteiger partial charge in [0.05, 0.1) is 26.3 Å². The van der Waals surface area contributed by atoms with Crippen LogP contribution >= 0.6 is 0 Å². The molecule has 2 amide bonds. The maximum absolute atomic E-state index is 11.9. The number of ether oxygens (including phenoxy) is 3. The van der Waals surface area contributed by atoms with Crippen molar-refractivity contribution in [3.63, 3.8) is 0 Å². The van der Waals surface area contributed by atoms with Gasteiger partial charge in [-0.15, -0.1) is 0 Å². The van der Waals surface area contributed by atoms with Crippen molar-refractivity contribution in [2.45, 2.75) is 6.54 Å². The quantitative estimate of drug-likeness (QED) is 0.590. The number of nitrogens with zero attached hydrogens (tertiary/aromatic N) is 1. The SMILES string of the molecule is COc1ccc(CNC(=O)NCC#CCOc2ccc3cccnc3c2)cc1OC. The first-order valence-corrected chi connectivity index (χ1v) is 9.35. The number of nitrogens with one attached hydrogen (secondary N) is 2.